The van der Waals surface area contributed by atoms with Gasteiger partial charge < -0.3 is 9.80 Å². The van der Waals surface area contributed by atoms with E-state index in [1.807, 2.05) is 0 Å². The number of anilines is 1. The van der Waals surface area contributed by atoms with Gasteiger partial charge in [0.2, 0.25) is 5.91 Å². The summed E-state index contributed by atoms with van der Waals surface area (Å²) >= 11 is 6.15. The molecule has 26 heavy (non-hydrogen) atoms. The number of carbonyl (C=O) groups is 2. The van der Waals surface area contributed by atoms with Crippen molar-refractivity contribution in [3.8, 4) is 0 Å². The van der Waals surface area contributed by atoms with Crippen LogP contribution in [0, 0.1) is 0 Å². The van der Waals surface area contributed by atoms with Gasteiger partial charge in [-0.1, -0.05) is 11.6 Å². The summed E-state index contributed by atoms with van der Waals surface area (Å²) in [6, 6.07) is 4.81. The molecule has 2 aromatic rings. The van der Waals surface area contributed by atoms with E-state index in [9.17, 15) is 18.4 Å². The van der Waals surface area contributed by atoms with Gasteiger partial charge >= 0.3 is 6.55 Å². The Bertz CT molecular complexity index is 840. The van der Waals surface area contributed by atoms with Crippen molar-refractivity contribution >= 4 is 29.1 Å². The second-order valence-corrected chi connectivity index (χ2v) is 6.41. The Labute approximate surface area is 154 Å². The predicted octanol–water partition coefficient (Wildman–Crippen LogP) is 3.33. The molecule has 0 spiro atoms. The fraction of sp³-hybridized carbons (Fsp3) is 0.353. The van der Waals surface area contributed by atoms with Crippen LogP contribution in [-0.2, 0) is 11.3 Å². The van der Waals surface area contributed by atoms with E-state index in [0.717, 1.165) is 12.6 Å². The van der Waals surface area contributed by atoms with Crippen molar-refractivity contribution in [2.24, 2.45) is 0 Å². The maximum Gasteiger partial charge on any atom is 0.319 e. The van der Waals surface area contributed by atoms with Crippen molar-refractivity contribution in [3.05, 3.63) is 47.0 Å². The first kappa shape index (κ1) is 18.3. The number of alkyl halides is 2. The molecule has 1 aliphatic rings. The van der Waals surface area contributed by atoms with E-state index < -0.39 is 12.5 Å². The van der Waals surface area contributed by atoms with Gasteiger partial charge in [-0.3, -0.25) is 14.2 Å². The number of hydrogen-bond donors (Lipinski definition) is 0. The SMILES string of the molecule is CN(Cc1nccn1C(F)F)C(=O)c1cc(N2CCCC2=O)ccc1Cl. The van der Waals surface area contributed by atoms with Crippen LogP contribution in [0.5, 0.6) is 0 Å². The summed E-state index contributed by atoms with van der Waals surface area (Å²) < 4.78 is 26.5. The summed E-state index contributed by atoms with van der Waals surface area (Å²) in [4.78, 5) is 31.4. The van der Waals surface area contributed by atoms with Gasteiger partial charge in [-0.25, -0.2) is 4.98 Å². The summed E-state index contributed by atoms with van der Waals surface area (Å²) in [7, 11) is 1.48. The highest BCUT2D eigenvalue weighted by Crippen LogP contribution is 2.27. The van der Waals surface area contributed by atoms with Gasteiger partial charge in [-0.2, -0.15) is 8.78 Å². The molecule has 1 aromatic heterocycles. The first-order chi connectivity index (χ1) is 12.4. The molecule has 0 bridgehead atoms. The van der Waals surface area contributed by atoms with Crippen LogP contribution in [-0.4, -0.2) is 39.9 Å². The van der Waals surface area contributed by atoms with E-state index in [1.54, 1.807) is 23.1 Å². The van der Waals surface area contributed by atoms with Crippen LogP contribution >= 0.6 is 11.6 Å². The maximum absolute atomic E-state index is 12.9. The topological polar surface area (TPSA) is 58.4 Å². The van der Waals surface area contributed by atoms with Gasteiger partial charge in [0, 0.05) is 38.1 Å². The fourth-order valence-electron chi connectivity index (χ4n) is 2.90. The molecule has 1 aromatic carbocycles. The second kappa shape index (κ2) is 7.41. The minimum absolute atomic E-state index is 0.00182. The standard InChI is InChI=1S/C17H17ClF2N4O2/c1-22(10-14-21-6-8-24(14)17(19)20)16(26)12-9-11(4-5-13(12)18)23-7-2-3-15(23)25/h4-6,8-9,17H,2-3,7,10H2,1H3. The average Bonchev–Trinajstić information content (AvgIpc) is 3.23. The van der Waals surface area contributed by atoms with Crippen LogP contribution in [0.2, 0.25) is 5.02 Å². The molecule has 3 rings (SSSR count). The van der Waals surface area contributed by atoms with Gasteiger partial charge in [0.25, 0.3) is 5.91 Å². The van der Waals surface area contributed by atoms with Gasteiger partial charge in [0.1, 0.15) is 5.82 Å². The number of carbonyl (C=O) groups excluding carboxylic acids is 2. The third-order valence-electron chi connectivity index (χ3n) is 4.25. The van der Waals surface area contributed by atoms with Crippen molar-refractivity contribution < 1.29 is 18.4 Å². The van der Waals surface area contributed by atoms with E-state index in [-0.39, 0.29) is 28.9 Å². The minimum Gasteiger partial charge on any atom is -0.334 e. The van der Waals surface area contributed by atoms with E-state index >= 15 is 0 Å². The molecule has 2 heterocycles. The zero-order valence-corrected chi connectivity index (χ0v) is 14.8. The number of aromatic nitrogens is 2. The lowest BCUT2D eigenvalue weighted by Crippen LogP contribution is -2.29. The summed E-state index contributed by atoms with van der Waals surface area (Å²) in [5.74, 6) is -0.372. The highest BCUT2D eigenvalue weighted by Gasteiger charge is 2.24. The largest absolute Gasteiger partial charge is 0.334 e. The smallest absolute Gasteiger partial charge is 0.319 e. The Hall–Kier alpha value is -2.48. The molecule has 0 atom stereocenters. The molecule has 1 aliphatic heterocycles. The zero-order valence-electron chi connectivity index (χ0n) is 14.0. The number of nitrogens with zero attached hydrogens (tertiary/aromatic N) is 4. The Morgan fingerprint density at radius 3 is 2.85 bits per heavy atom. The molecular formula is C17H17ClF2N4O2. The van der Waals surface area contributed by atoms with E-state index in [2.05, 4.69) is 4.98 Å². The number of imidazole rings is 1. The molecule has 0 unspecified atom stereocenters. The number of hydrogen-bond acceptors (Lipinski definition) is 3. The van der Waals surface area contributed by atoms with Crippen molar-refractivity contribution in [2.45, 2.75) is 25.9 Å². The molecule has 1 fully saturated rings. The molecule has 0 saturated carbocycles. The molecule has 138 valence electrons. The molecule has 0 radical (unpaired) electrons. The fourth-order valence-corrected chi connectivity index (χ4v) is 3.10. The van der Waals surface area contributed by atoms with Crippen LogP contribution < -0.4 is 4.90 Å². The molecule has 9 heteroatoms. The third-order valence-corrected chi connectivity index (χ3v) is 4.58. The summed E-state index contributed by atoms with van der Waals surface area (Å²) in [5.41, 5.74) is 0.809. The Balaban J connectivity index is 1.82. The normalized spacial score (nSPS) is 14.3. The van der Waals surface area contributed by atoms with Crippen LogP contribution in [0.1, 0.15) is 35.6 Å². The second-order valence-electron chi connectivity index (χ2n) is 6.00. The molecule has 0 N–H and O–H groups in total. The van der Waals surface area contributed by atoms with Crippen molar-refractivity contribution in [2.75, 3.05) is 18.5 Å². The average molecular weight is 383 g/mol. The van der Waals surface area contributed by atoms with Gasteiger partial charge in [-0.15, -0.1) is 0 Å². The van der Waals surface area contributed by atoms with Crippen LogP contribution in [0.3, 0.4) is 0 Å². The zero-order chi connectivity index (χ0) is 18.8. The van der Waals surface area contributed by atoms with Gasteiger partial charge in [-0.05, 0) is 24.6 Å². The van der Waals surface area contributed by atoms with Crippen LogP contribution in [0.15, 0.2) is 30.6 Å². The number of rotatable bonds is 5. The first-order valence-corrected chi connectivity index (χ1v) is 8.41. The van der Waals surface area contributed by atoms with Gasteiger partial charge in [0.15, 0.2) is 0 Å². The summed E-state index contributed by atoms with van der Waals surface area (Å²) in [5, 5.41) is 0.231. The first-order valence-electron chi connectivity index (χ1n) is 8.03. The molecule has 2 amide bonds. The summed E-state index contributed by atoms with van der Waals surface area (Å²) in [6.45, 7) is -2.24. The predicted molar refractivity (Wildman–Crippen MR) is 92.3 cm³/mol. The molecule has 0 aliphatic carbocycles. The minimum atomic E-state index is -2.73. The van der Waals surface area contributed by atoms with E-state index in [0.29, 0.717) is 23.2 Å². The van der Waals surface area contributed by atoms with Crippen LogP contribution in [0.4, 0.5) is 14.5 Å². The third kappa shape index (κ3) is 3.55. The summed E-state index contributed by atoms with van der Waals surface area (Å²) in [6.07, 6.45) is 3.65. The molecule has 6 nitrogen and oxygen atoms in total. The highest BCUT2D eigenvalue weighted by molar-refractivity contribution is 6.34. The monoisotopic (exact) mass is 382 g/mol. The number of benzene rings is 1. The van der Waals surface area contributed by atoms with Crippen molar-refractivity contribution in [1.29, 1.82) is 0 Å². The Morgan fingerprint density at radius 2 is 2.19 bits per heavy atom. The lowest BCUT2D eigenvalue weighted by atomic mass is 10.1. The maximum atomic E-state index is 12.9. The molecule has 1 saturated heterocycles. The van der Waals surface area contributed by atoms with Gasteiger partial charge in [0.05, 0.1) is 17.1 Å². The molecular weight excluding hydrogens is 366 g/mol. The van der Waals surface area contributed by atoms with E-state index in [4.69, 9.17) is 11.6 Å². The number of halogens is 3. The van der Waals surface area contributed by atoms with Crippen LogP contribution in [0.25, 0.3) is 0 Å². The van der Waals surface area contributed by atoms with E-state index in [1.165, 1.54) is 18.1 Å². The van der Waals surface area contributed by atoms with Crippen molar-refractivity contribution in [3.63, 3.8) is 0 Å². The Morgan fingerprint density at radius 1 is 1.42 bits per heavy atom. The highest BCUT2D eigenvalue weighted by atomic mass is 35.5. The number of amides is 2. The van der Waals surface area contributed by atoms with Crippen molar-refractivity contribution in [1.82, 2.24) is 14.5 Å². The lowest BCUT2D eigenvalue weighted by Gasteiger charge is -2.21. The lowest BCUT2D eigenvalue weighted by molar-refractivity contribution is -0.117. The quantitative estimate of drug-likeness (QED) is 0.797. The Kier molecular flexibility index (Phi) is 5.22.